The molecule has 1 aliphatic rings. The van der Waals surface area contributed by atoms with Gasteiger partial charge in [-0.3, -0.25) is 4.79 Å². The number of rotatable bonds is 2. The maximum absolute atomic E-state index is 12.0. The van der Waals surface area contributed by atoms with Crippen LogP contribution in [0.25, 0.3) is 0 Å². The molecule has 1 aromatic rings. The molecular weight excluding hydrogens is 280 g/mol. The lowest BCUT2D eigenvalue weighted by molar-refractivity contribution is -0.117. The molecule has 1 amide bonds. The number of hydrogen-bond acceptors (Lipinski definition) is 2. The van der Waals surface area contributed by atoms with E-state index >= 15 is 0 Å². The maximum atomic E-state index is 12.0. The van der Waals surface area contributed by atoms with E-state index in [0.717, 1.165) is 40.7 Å². The van der Waals surface area contributed by atoms with E-state index in [4.69, 9.17) is 0 Å². The lowest BCUT2D eigenvalue weighted by atomic mass is 10.1. The molecule has 1 unspecified atom stereocenters. The van der Waals surface area contributed by atoms with Gasteiger partial charge in [0.05, 0.1) is 6.04 Å². The van der Waals surface area contributed by atoms with Gasteiger partial charge in [0, 0.05) is 10.2 Å². The lowest BCUT2D eigenvalue weighted by Gasteiger charge is -2.15. The van der Waals surface area contributed by atoms with Gasteiger partial charge in [0.1, 0.15) is 0 Å². The van der Waals surface area contributed by atoms with Crippen LogP contribution >= 0.6 is 15.9 Å². The molecule has 1 aromatic carbocycles. The number of benzene rings is 1. The molecule has 1 atom stereocenters. The number of amides is 1. The summed E-state index contributed by atoms with van der Waals surface area (Å²) in [6.07, 6.45) is 2.01. The molecule has 2 rings (SSSR count). The van der Waals surface area contributed by atoms with Gasteiger partial charge in [-0.1, -0.05) is 15.9 Å². The lowest BCUT2D eigenvalue weighted by Crippen LogP contribution is -2.35. The van der Waals surface area contributed by atoms with Crippen LogP contribution in [0.2, 0.25) is 0 Å². The highest BCUT2D eigenvalue weighted by Gasteiger charge is 2.22. The smallest absolute Gasteiger partial charge is 0.241 e. The van der Waals surface area contributed by atoms with Crippen molar-refractivity contribution in [3.63, 3.8) is 0 Å². The van der Waals surface area contributed by atoms with Gasteiger partial charge in [0.25, 0.3) is 0 Å². The second kappa shape index (κ2) is 5.19. The van der Waals surface area contributed by atoms with Gasteiger partial charge in [0.2, 0.25) is 5.91 Å². The van der Waals surface area contributed by atoms with Crippen LogP contribution in [0.15, 0.2) is 16.6 Å². The van der Waals surface area contributed by atoms with Crippen molar-refractivity contribution >= 4 is 27.5 Å². The first-order valence-corrected chi connectivity index (χ1v) is 6.68. The number of aryl methyl sites for hydroxylation is 2. The minimum Gasteiger partial charge on any atom is -0.324 e. The van der Waals surface area contributed by atoms with E-state index in [9.17, 15) is 4.79 Å². The molecule has 1 heterocycles. The summed E-state index contributed by atoms with van der Waals surface area (Å²) >= 11 is 3.45. The molecule has 2 N–H and O–H groups in total. The third-order valence-electron chi connectivity index (χ3n) is 3.12. The summed E-state index contributed by atoms with van der Waals surface area (Å²) in [5.74, 6) is 0.0797. The van der Waals surface area contributed by atoms with E-state index in [-0.39, 0.29) is 11.9 Å². The Kier molecular flexibility index (Phi) is 3.84. The molecule has 0 aromatic heterocycles. The Hall–Kier alpha value is -0.870. The Balaban J connectivity index is 2.15. The zero-order valence-corrected chi connectivity index (χ0v) is 11.7. The Morgan fingerprint density at radius 1 is 1.41 bits per heavy atom. The Morgan fingerprint density at radius 2 is 2.06 bits per heavy atom. The first-order valence-electron chi connectivity index (χ1n) is 5.89. The standard InChI is InChI=1S/C13H17BrN2O/c1-8-6-10(14)7-9(2)12(8)16-13(17)11-4-3-5-15-11/h6-7,11,15H,3-5H2,1-2H3,(H,16,17). The van der Waals surface area contributed by atoms with E-state index < -0.39 is 0 Å². The number of carbonyl (C=O) groups excluding carboxylic acids is 1. The fourth-order valence-corrected chi connectivity index (χ4v) is 2.91. The Morgan fingerprint density at radius 3 is 2.59 bits per heavy atom. The zero-order chi connectivity index (χ0) is 12.4. The van der Waals surface area contributed by atoms with Gasteiger partial charge < -0.3 is 10.6 Å². The quantitative estimate of drug-likeness (QED) is 0.881. The third-order valence-corrected chi connectivity index (χ3v) is 3.58. The highest BCUT2D eigenvalue weighted by Crippen LogP contribution is 2.25. The van der Waals surface area contributed by atoms with Crippen molar-refractivity contribution in [3.8, 4) is 0 Å². The van der Waals surface area contributed by atoms with Crippen LogP contribution in [-0.4, -0.2) is 18.5 Å². The molecule has 1 fully saturated rings. The number of hydrogen-bond donors (Lipinski definition) is 2. The predicted molar refractivity (Wildman–Crippen MR) is 73.3 cm³/mol. The van der Waals surface area contributed by atoms with Crippen molar-refractivity contribution in [2.45, 2.75) is 32.7 Å². The van der Waals surface area contributed by atoms with Crippen LogP contribution in [0.3, 0.4) is 0 Å². The van der Waals surface area contributed by atoms with Crippen molar-refractivity contribution in [2.24, 2.45) is 0 Å². The third kappa shape index (κ3) is 2.87. The van der Waals surface area contributed by atoms with Gasteiger partial charge in [-0.2, -0.15) is 0 Å². The molecule has 17 heavy (non-hydrogen) atoms. The summed E-state index contributed by atoms with van der Waals surface area (Å²) in [7, 11) is 0. The summed E-state index contributed by atoms with van der Waals surface area (Å²) in [5, 5.41) is 6.23. The maximum Gasteiger partial charge on any atom is 0.241 e. The minimum atomic E-state index is -0.0301. The van der Waals surface area contributed by atoms with E-state index in [2.05, 4.69) is 26.6 Å². The molecule has 1 aliphatic heterocycles. The highest BCUT2D eigenvalue weighted by molar-refractivity contribution is 9.10. The number of anilines is 1. The van der Waals surface area contributed by atoms with E-state index in [0.29, 0.717) is 0 Å². The van der Waals surface area contributed by atoms with Crippen LogP contribution in [0, 0.1) is 13.8 Å². The van der Waals surface area contributed by atoms with Crippen LogP contribution in [0.1, 0.15) is 24.0 Å². The second-order valence-electron chi connectivity index (χ2n) is 4.55. The summed E-state index contributed by atoms with van der Waals surface area (Å²) in [6, 6.07) is 4.01. The molecule has 0 spiro atoms. The molecule has 4 heteroatoms. The van der Waals surface area contributed by atoms with Crippen LogP contribution < -0.4 is 10.6 Å². The van der Waals surface area contributed by atoms with Gasteiger partial charge in [-0.05, 0) is 56.5 Å². The molecular formula is C13H17BrN2O. The second-order valence-corrected chi connectivity index (χ2v) is 5.47. The molecule has 0 radical (unpaired) electrons. The summed E-state index contributed by atoms with van der Waals surface area (Å²) in [4.78, 5) is 12.0. The average molecular weight is 297 g/mol. The van der Waals surface area contributed by atoms with E-state index in [1.54, 1.807) is 0 Å². The molecule has 3 nitrogen and oxygen atoms in total. The van der Waals surface area contributed by atoms with Crippen LogP contribution in [0.4, 0.5) is 5.69 Å². The predicted octanol–water partition coefficient (Wildman–Crippen LogP) is 2.76. The summed E-state index contributed by atoms with van der Waals surface area (Å²) in [6.45, 7) is 4.96. The fraction of sp³-hybridized carbons (Fsp3) is 0.462. The van der Waals surface area contributed by atoms with Gasteiger partial charge >= 0.3 is 0 Å². The topological polar surface area (TPSA) is 41.1 Å². The molecule has 92 valence electrons. The molecule has 1 saturated heterocycles. The van der Waals surface area contributed by atoms with Crippen molar-refractivity contribution in [1.82, 2.24) is 5.32 Å². The number of nitrogens with one attached hydrogen (secondary N) is 2. The van der Waals surface area contributed by atoms with Crippen molar-refractivity contribution in [3.05, 3.63) is 27.7 Å². The SMILES string of the molecule is Cc1cc(Br)cc(C)c1NC(=O)C1CCCN1. The summed E-state index contributed by atoms with van der Waals surface area (Å²) in [5.41, 5.74) is 3.11. The van der Waals surface area contributed by atoms with Crippen molar-refractivity contribution in [2.75, 3.05) is 11.9 Å². The van der Waals surface area contributed by atoms with Gasteiger partial charge in [-0.15, -0.1) is 0 Å². The summed E-state index contributed by atoms with van der Waals surface area (Å²) < 4.78 is 1.05. The van der Waals surface area contributed by atoms with Crippen LogP contribution in [-0.2, 0) is 4.79 Å². The normalized spacial score (nSPS) is 19.4. The fourth-order valence-electron chi connectivity index (χ4n) is 2.23. The van der Waals surface area contributed by atoms with Gasteiger partial charge in [-0.25, -0.2) is 0 Å². The molecule has 0 aliphatic carbocycles. The largest absolute Gasteiger partial charge is 0.324 e. The minimum absolute atomic E-state index is 0.0301. The zero-order valence-electron chi connectivity index (χ0n) is 10.1. The number of halogens is 1. The first kappa shape index (κ1) is 12.6. The monoisotopic (exact) mass is 296 g/mol. The average Bonchev–Trinajstić information content (AvgIpc) is 2.76. The molecule has 0 bridgehead atoms. The first-order chi connectivity index (χ1) is 8.08. The Bertz CT molecular complexity index is 416. The van der Waals surface area contributed by atoms with Crippen molar-refractivity contribution in [1.29, 1.82) is 0 Å². The van der Waals surface area contributed by atoms with Crippen LogP contribution in [0.5, 0.6) is 0 Å². The molecule has 0 saturated carbocycles. The van der Waals surface area contributed by atoms with Crippen molar-refractivity contribution < 1.29 is 4.79 Å². The van der Waals surface area contributed by atoms with E-state index in [1.807, 2.05) is 26.0 Å². The van der Waals surface area contributed by atoms with E-state index in [1.165, 1.54) is 0 Å². The van der Waals surface area contributed by atoms with Gasteiger partial charge in [0.15, 0.2) is 0 Å². The highest BCUT2D eigenvalue weighted by atomic mass is 79.9. The number of carbonyl (C=O) groups is 1. The Labute approximate surface area is 110 Å².